The van der Waals surface area contributed by atoms with Crippen molar-refractivity contribution in [2.45, 2.75) is 118 Å². The van der Waals surface area contributed by atoms with Gasteiger partial charge in [0.1, 0.15) is 65.9 Å². The number of halogens is 1. The Morgan fingerprint density at radius 2 is 0.856 bits per heavy atom. The Bertz CT molecular complexity index is 4680. The van der Waals surface area contributed by atoms with Crippen molar-refractivity contribution < 1.29 is 53.1 Å². The van der Waals surface area contributed by atoms with Crippen molar-refractivity contribution in [3.63, 3.8) is 0 Å². The van der Waals surface area contributed by atoms with E-state index in [-0.39, 0.29) is 41.3 Å². The fraction of sp³-hybridized carbons (Fsp3) is 0.291. The highest BCUT2D eigenvalue weighted by atomic mass is 79.9. The molecule has 25 heteroatoms. The molecule has 0 saturated heterocycles. The molecule has 6 aromatic heterocycles. The summed E-state index contributed by atoms with van der Waals surface area (Å²) in [7, 11) is -0.524. The molecular formula is C79H96BBrN9O11Si3. The number of methoxy groups -OCH3 is 2. The van der Waals surface area contributed by atoms with Gasteiger partial charge < -0.3 is 43.5 Å². The van der Waals surface area contributed by atoms with E-state index in [0.717, 1.165) is 114 Å². The Labute approximate surface area is 624 Å². The number of aromatic nitrogens is 9. The van der Waals surface area contributed by atoms with Gasteiger partial charge in [0.15, 0.2) is 0 Å². The Balaban J connectivity index is 0.000000225. The number of phenols is 1. The molecule has 12 rings (SSSR count). The van der Waals surface area contributed by atoms with Gasteiger partial charge in [-0.2, -0.15) is 10.2 Å². The molecule has 545 valence electrons. The first-order chi connectivity index (χ1) is 48.4. The van der Waals surface area contributed by atoms with E-state index in [1.165, 1.54) is 20.3 Å². The van der Waals surface area contributed by atoms with Crippen LogP contribution in [-0.4, -0.2) is 133 Å². The number of ether oxygens (including phenoxy) is 6. The summed E-state index contributed by atoms with van der Waals surface area (Å²) < 4.78 is 37.9. The van der Waals surface area contributed by atoms with Crippen molar-refractivity contribution in [2.75, 3.05) is 34.0 Å². The molecule has 3 radical (unpaired) electrons. The maximum atomic E-state index is 11.7. The van der Waals surface area contributed by atoms with Gasteiger partial charge in [0.2, 0.25) is 0 Å². The van der Waals surface area contributed by atoms with Crippen LogP contribution in [0, 0.1) is 0 Å². The fourth-order valence-corrected chi connectivity index (χ4v) is 13.2. The number of pyridine rings is 3. The van der Waals surface area contributed by atoms with E-state index in [9.17, 15) is 19.8 Å². The third-order valence-electron chi connectivity index (χ3n) is 15.7. The summed E-state index contributed by atoms with van der Waals surface area (Å²) in [5.74, 6) is 2.29. The molecule has 20 nitrogen and oxygen atoms in total. The lowest BCUT2D eigenvalue weighted by Crippen LogP contribution is -2.22. The zero-order valence-corrected chi connectivity index (χ0v) is 64.3. The first kappa shape index (κ1) is 83.3. The molecule has 2 N–H and O–H groups in total. The van der Waals surface area contributed by atoms with Crippen LogP contribution >= 0.6 is 15.9 Å². The molecule has 0 fully saturated rings. The van der Waals surface area contributed by atoms with Crippen LogP contribution in [0.4, 0.5) is 0 Å². The van der Waals surface area contributed by atoms with E-state index in [2.05, 4.69) is 110 Å². The van der Waals surface area contributed by atoms with Gasteiger partial charge in [-0.1, -0.05) is 119 Å². The highest BCUT2D eigenvalue weighted by Gasteiger charge is 2.17. The number of rotatable bonds is 25. The zero-order valence-electron chi connectivity index (χ0n) is 59.7. The van der Waals surface area contributed by atoms with E-state index >= 15 is 0 Å². The SMILES string of the molecule is C.C.COC(=O)c1ccc2cc(Br)ccc2n1.COC(=O)c1ccc2cc(Oc3ccc(-c4ccnn4COCC[Si](C)(C)C)cc3)ccc2n1.C[Si](C)(C)CCCOn1nccc1-c1ccc(O)cc1.C[Si](C)(C)CCOCn1nccc1-c1ccc(Oc2ccc3nc(CO)ccc3c2)cc1.[B]. The smallest absolute Gasteiger partial charge is 0.356 e. The van der Waals surface area contributed by atoms with Gasteiger partial charge in [-0.25, -0.2) is 28.9 Å². The molecular weight excluding hydrogens is 1430 g/mol. The lowest BCUT2D eigenvalue weighted by Gasteiger charge is -2.16. The number of carbonyl (C=O) groups is 2. The molecule has 0 spiro atoms. The highest BCUT2D eigenvalue weighted by Crippen LogP contribution is 2.31. The van der Waals surface area contributed by atoms with Gasteiger partial charge in [-0.15, -0.1) is 5.10 Å². The maximum Gasteiger partial charge on any atom is 0.356 e. The van der Waals surface area contributed by atoms with E-state index in [0.29, 0.717) is 42.7 Å². The Hall–Kier alpha value is -9.60. The number of hydrogen-bond acceptors (Lipinski definition) is 17. The molecule has 0 unspecified atom stereocenters. The van der Waals surface area contributed by atoms with Crippen molar-refractivity contribution in [3.05, 3.63) is 222 Å². The molecule has 0 bridgehead atoms. The van der Waals surface area contributed by atoms with Crippen molar-refractivity contribution in [1.82, 2.24) is 44.5 Å². The highest BCUT2D eigenvalue weighted by molar-refractivity contribution is 9.10. The molecule has 6 aromatic carbocycles. The summed E-state index contributed by atoms with van der Waals surface area (Å²) in [5, 5.41) is 34.4. The van der Waals surface area contributed by atoms with E-state index in [1.807, 2.05) is 167 Å². The third kappa shape index (κ3) is 25.4. The molecule has 12 aromatic rings. The van der Waals surface area contributed by atoms with Crippen LogP contribution in [0.15, 0.2) is 205 Å². The molecule has 104 heavy (non-hydrogen) atoms. The number of fused-ring (bicyclic) bond motifs is 3. The first-order valence-corrected chi connectivity index (χ1v) is 45.2. The van der Waals surface area contributed by atoms with Gasteiger partial charge in [-0.3, -0.25) is 4.98 Å². The zero-order chi connectivity index (χ0) is 72.1. The van der Waals surface area contributed by atoms with Crippen LogP contribution in [0.5, 0.6) is 28.7 Å². The molecule has 0 atom stereocenters. The van der Waals surface area contributed by atoms with E-state index < -0.39 is 36.2 Å². The van der Waals surface area contributed by atoms with Crippen LogP contribution in [0.1, 0.15) is 47.9 Å². The first-order valence-electron chi connectivity index (χ1n) is 33.3. The monoisotopic (exact) mass is 1520 g/mol. The van der Waals surface area contributed by atoms with Crippen LogP contribution in [0.3, 0.4) is 0 Å². The minimum absolute atomic E-state index is 0. The number of esters is 2. The normalized spacial score (nSPS) is 11.1. The van der Waals surface area contributed by atoms with E-state index in [1.54, 1.807) is 47.7 Å². The van der Waals surface area contributed by atoms with Crippen molar-refractivity contribution >= 4 is 93.2 Å². The van der Waals surface area contributed by atoms with Gasteiger partial charge in [0.25, 0.3) is 0 Å². The topological polar surface area (TPSA) is 231 Å². The summed E-state index contributed by atoms with van der Waals surface area (Å²) in [4.78, 5) is 43.1. The Morgan fingerprint density at radius 1 is 0.452 bits per heavy atom. The standard InChI is InChI=1S/C26H29N3O4Si.C25H29N3O3Si.C15H22N2O2Si.C11H8BrNO2.2CH4.B/c1-31-26(30)24-11-7-20-17-22(10-12-23(20)28-24)33-21-8-5-19(6-9-21)25-13-14-27-29(25)18-32-15-16-34(2,3)4;1-32(2,3)15-14-30-18-28-25(12-13-26-28)19-5-8-22(9-6-19)31-23-10-11-24-20(16-23)4-7-21(17-29)27-24;1-20(2,3)12-4-11-19-17-15(9-10-16-17)13-5-7-14(18)8-6-13;1-15-11(14)10-4-2-7-6-8(12)3-5-9(7)13-10;;;/h5-14,17H,15-16,18H2,1-4H3;4-13,16,29H,14-15,17-18H2,1-3H3;5-10,18H,4,11-12H2,1-3H3;2-6H,1H3;2*1H4;. The van der Waals surface area contributed by atoms with Crippen molar-refractivity contribution in [2.24, 2.45) is 0 Å². The third-order valence-corrected chi connectivity index (χ3v) is 21.4. The summed E-state index contributed by atoms with van der Waals surface area (Å²) in [5.41, 5.74) is 9.56. The molecule has 6 heterocycles. The number of benzene rings is 6. The summed E-state index contributed by atoms with van der Waals surface area (Å²) >= 11 is 3.37. The molecule has 0 aliphatic rings. The van der Waals surface area contributed by atoms with Crippen LogP contribution in [-0.2, 0) is 39.0 Å². The Morgan fingerprint density at radius 3 is 1.32 bits per heavy atom. The van der Waals surface area contributed by atoms with Crippen molar-refractivity contribution in [3.8, 4) is 62.5 Å². The van der Waals surface area contributed by atoms with Gasteiger partial charge in [0.05, 0.1) is 60.7 Å². The summed E-state index contributed by atoms with van der Waals surface area (Å²) in [6, 6.07) is 60.0. The number of aliphatic hydroxyl groups is 1. The maximum absolute atomic E-state index is 11.7. The van der Waals surface area contributed by atoms with Crippen LogP contribution < -0.4 is 14.3 Å². The minimum Gasteiger partial charge on any atom is -0.508 e. The summed E-state index contributed by atoms with van der Waals surface area (Å²) in [6.07, 6.45) is 6.37. The van der Waals surface area contributed by atoms with Gasteiger partial charge in [0, 0.05) is 95.6 Å². The number of aromatic hydroxyl groups is 1. The average Bonchev–Trinajstić information content (AvgIpc) is 1.80. The van der Waals surface area contributed by atoms with Gasteiger partial charge >= 0.3 is 11.9 Å². The predicted octanol–water partition coefficient (Wildman–Crippen LogP) is 18.8. The predicted molar refractivity (Wildman–Crippen MR) is 428 cm³/mol. The van der Waals surface area contributed by atoms with E-state index in [4.69, 9.17) is 28.5 Å². The second-order valence-electron chi connectivity index (χ2n) is 27.4. The van der Waals surface area contributed by atoms with Crippen LogP contribution in [0.25, 0.3) is 66.5 Å². The number of aliphatic hydroxyl groups excluding tert-OH is 1. The molecule has 0 amide bonds. The lowest BCUT2D eigenvalue weighted by atomic mass is 10.1. The molecule has 0 aliphatic heterocycles. The van der Waals surface area contributed by atoms with Crippen molar-refractivity contribution in [1.29, 1.82) is 0 Å². The number of hydrogen-bond donors (Lipinski definition) is 2. The fourth-order valence-electron chi connectivity index (χ4n) is 10.1. The lowest BCUT2D eigenvalue weighted by molar-refractivity contribution is 0.0586. The largest absolute Gasteiger partial charge is 0.508 e. The molecule has 0 saturated carbocycles. The molecule has 0 aliphatic carbocycles. The number of nitrogens with zero attached hydrogens (tertiary/aromatic N) is 9. The van der Waals surface area contributed by atoms with Gasteiger partial charge in [-0.05, 0) is 182 Å². The second-order valence-corrected chi connectivity index (χ2v) is 45.2. The summed E-state index contributed by atoms with van der Waals surface area (Å²) in [6.45, 7) is 24.2. The second kappa shape index (κ2) is 39.3. The Kier molecular flexibility index (Phi) is 31.5. The quantitative estimate of drug-likeness (QED) is 0.0308. The minimum atomic E-state index is -1.11. The van der Waals surface area contributed by atoms with Crippen LogP contribution in [0.2, 0.25) is 77.1 Å². The number of carbonyl (C=O) groups excluding carboxylic acids is 2. The number of phenolic OH excluding ortho intramolecular Hbond substituents is 1. The average molecular weight is 1520 g/mol.